The summed E-state index contributed by atoms with van der Waals surface area (Å²) in [4.78, 5) is 16.7. The molecule has 0 unspecified atom stereocenters. The van der Waals surface area contributed by atoms with Crippen molar-refractivity contribution in [3.63, 3.8) is 0 Å². The Morgan fingerprint density at radius 1 is 1.24 bits per heavy atom. The van der Waals surface area contributed by atoms with Crippen LogP contribution in [0.2, 0.25) is 0 Å². The third-order valence-corrected chi connectivity index (χ3v) is 5.21. The fraction of sp³-hybridized carbons (Fsp3) is 0.200. The van der Waals surface area contributed by atoms with E-state index in [2.05, 4.69) is 4.98 Å². The molecule has 0 radical (unpaired) electrons. The summed E-state index contributed by atoms with van der Waals surface area (Å²) in [5, 5.41) is 11.6. The van der Waals surface area contributed by atoms with Crippen LogP contribution in [0.1, 0.15) is 11.1 Å². The summed E-state index contributed by atoms with van der Waals surface area (Å²) < 4.78 is 2.31. The summed E-state index contributed by atoms with van der Waals surface area (Å²) >= 11 is 2.97. The van der Waals surface area contributed by atoms with Crippen LogP contribution < -0.4 is 5.56 Å². The molecule has 0 aliphatic rings. The Bertz CT molecular complexity index is 822. The van der Waals surface area contributed by atoms with E-state index in [-0.39, 0.29) is 12.2 Å². The van der Waals surface area contributed by atoms with Gasteiger partial charge < -0.3 is 5.11 Å². The number of rotatable bonds is 4. The van der Waals surface area contributed by atoms with E-state index in [0.717, 1.165) is 27.6 Å². The van der Waals surface area contributed by atoms with Gasteiger partial charge in [0.2, 0.25) is 0 Å². The first-order chi connectivity index (χ1) is 10.2. The largest absolute Gasteiger partial charge is 0.392 e. The molecule has 0 atom stereocenters. The summed E-state index contributed by atoms with van der Waals surface area (Å²) in [6, 6.07) is 9.66. The van der Waals surface area contributed by atoms with Gasteiger partial charge >= 0.3 is 0 Å². The molecule has 0 fully saturated rings. The minimum absolute atomic E-state index is 0.00753. The third-order valence-electron chi connectivity index (χ3n) is 3.22. The molecule has 0 bridgehead atoms. The molecule has 108 valence electrons. The van der Waals surface area contributed by atoms with Gasteiger partial charge in [-0.3, -0.25) is 9.36 Å². The Labute approximate surface area is 130 Å². The van der Waals surface area contributed by atoms with Crippen LogP contribution in [-0.4, -0.2) is 14.7 Å². The number of aliphatic hydroxyl groups is 1. The van der Waals surface area contributed by atoms with E-state index in [9.17, 15) is 4.79 Å². The molecule has 2 aromatic heterocycles. The van der Waals surface area contributed by atoms with Gasteiger partial charge in [-0.05, 0) is 22.6 Å². The normalized spacial score (nSPS) is 11.1. The van der Waals surface area contributed by atoms with E-state index >= 15 is 0 Å². The number of benzene rings is 1. The fourth-order valence-electron chi connectivity index (χ4n) is 1.99. The maximum absolute atomic E-state index is 12.2. The molecule has 0 spiro atoms. The predicted molar refractivity (Wildman–Crippen MR) is 86.8 cm³/mol. The molecule has 4 nitrogen and oxygen atoms in total. The van der Waals surface area contributed by atoms with Crippen LogP contribution in [0.4, 0.5) is 0 Å². The van der Waals surface area contributed by atoms with E-state index in [4.69, 9.17) is 5.11 Å². The topological polar surface area (TPSA) is 55.1 Å². The number of hydrogen-bond acceptors (Lipinski definition) is 5. The molecule has 0 saturated carbocycles. The summed E-state index contributed by atoms with van der Waals surface area (Å²) in [6.07, 6.45) is 0. The Morgan fingerprint density at radius 2 is 1.95 bits per heavy atom. The van der Waals surface area contributed by atoms with Gasteiger partial charge in [0, 0.05) is 12.8 Å². The highest BCUT2D eigenvalue weighted by molar-refractivity contribution is 7.98. The van der Waals surface area contributed by atoms with Crippen molar-refractivity contribution in [2.75, 3.05) is 0 Å². The first kappa shape index (κ1) is 14.3. The van der Waals surface area contributed by atoms with Crippen LogP contribution in [0.15, 0.2) is 45.7 Å². The van der Waals surface area contributed by atoms with Crippen molar-refractivity contribution >= 4 is 33.3 Å². The molecule has 2 heterocycles. The zero-order valence-corrected chi connectivity index (χ0v) is 13.1. The Kier molecular flexibility index (Phi) is 4.10. The van der Waals surface area contributed by atoms with Crippen LogP contribution in [-0.2, 0) is 19.4 Å². The molecule has 0 aliphatic heterocycles. The summed E-state index contributed by atoms with van der Waals surface area (Å²) in [6.45, 7) is 0.0539. The molecule has 3 rings (SSSR count). The molecule has 21 heavy (non-hydrogen) atoms. The van der Waals surface area contributed by atoms with Gasteiger partial charge in [-0.25, -0.2) is 4.98 Å². The molecule has 3 aromatic rings. The standard InChI is InChI=1S/C15H14N2O2S2/c1-17-14(19)13-12(6-7-20-13)16-15(17)21-9-11-4-2-10(8-18)3-5-11/h2-7,18H,8-9H2,1H3. The van der Waals surface area contributed by atoms with Crippen molar-refractivity contribution in [1.82, 2.24) is 9.55 Å². The summed E-state index contributed by atoms with van der Waals surface area (Å²) in [7, 11) is 1.76. The first-order valence-electron chi connectivity index (χ1n) is 6.45. The van der Waals surface area contributed by atoms with Crippen LogP contribution >= 0.6 is 23.1 Å². The molecule has 0 aliphatic carbocycles. The van der Waals surface area contributed by atoms with Gasteiger partial charge in [-0.2, -0.15) is 0 Å². The average molecular weight is 318 g/mol. The second-order valence-corrected chi connectivity index (χ2v) is 6.52. The molecular weight excluding hydrogens is 304 g/mol. The van der Waals surface area contributed by atoms with Gasteiger partial charge in [-0.1, -0.05) is 36.0 Å². The van der Waals surface area contributed by atoms with E-state index in [0.29, 0.717) is 4.70 Å². The number of thioether (sulfide) groups is 1. The Hall–Kier alpha value is -1.63. The molecule has 6 heteroatoms. The van der Waals surface area contributed by atoms with E-state index < -0.39 is 0 Å². The SMILES string of the molecule is Cn1c(SCc2ccc(CO)cc2)nc2ccsc2c1=O. The van der Waals surface area contributed by atoms with Gasteiger partial charge in [0.05, 0.1) is 12.1 Å². The Morgan fingerprint density at radius 3 is 2.67 bits per heavy atom. The molecule has 0 amide bonds. The smallest absolute Gasteiger partial charge is 0.271 e. The van der Waals surface area contributed by atoms with Crippen LogP contribution in [0.3, 0.4) is 0 Å². The minimum atomic E-state index is 0.00753. The maximum atomic E-state index is 12.2. The summed E-state index contributed by atoms with van der Waals surface area (Å²) in [5.74, 6) is 0.738. The predicted octanol–water partition coefficient (Wildman–Crippen LogP) is 2.78. The number of nitrogens with zero attached hydrogens (tertiary/aromatic N) is 2. The lowest BCUT2D eigenvalue weighted by molar-refractivity contribution is 0.282. The highest BCUT2D eigenvalue weighted by Crippen LogP contribution is 2.23. The van der Waals surface area contributed by atoms with Gasteiger partial charge in [0.15, 0.2) is 5.16 Å². The summed E-state index contributed by atoms with van der Waals surface area (Å²) in [5.41, 5.74) is 2.81. The lowest BCUT2D eigenvalue weighted by atomic mass is 10.2. The van der Waals surface area contributed by atoms with Crippen molar-refractivity contribution in [3.05, 3.63) is 57.2 Å². The Balaban J connectivity index is 1.84. The number of aromatic nitrogens is 2. The highest BCUT2D eigenvalue weighted by atomic mass is 32.2. The van der Waals surface area contributed by atoms with Crippen molar-refractivity contribution < 1.29 is 5.11 Å². The van der Waals surface area contributed by atoms with E-state index in [1.165, 1.54) is 23.1 Å². The van der Waals surface area contributed by atoms with E-state index in [1.54, 1.807) is 11.6 Å². The number of thiophene rings is 1. The maximum Gasteiger partial charge on any atom is 0.271 e. The van der Waals surface area contributed by atoms with Crippen molar-refractivity contribution in [1.29, 1.82) is 0 Å². The average Bonchev–Trinajstić information content (AvgIpc) is 2.98. The lowest BCUT2D eigenvalue weighted by Crippen LogP contribution is -2.18. The third kappa shape index (κ3) is 2.88. The molecule has 0 saturated heterocycles. The lowest BCUT2D eigenvalue weighted by Gasteiger charge is -2.07. The zero-order chi connectivity index (χ0) is 14.8. The van der Waals surface area contributed by atoms with Gasteiger partial charge in [0.1, 0.15) is 4.70 Å². The number of aliphatic hydroxyl groups excluding tert-OH is 1. The van der Waals surface area contributed by atoms with Crippen LogP contribution in [0, 0.1) is 0 Å². The highest BCUT2D eigenvalue weighted by Gasteiger charge is 2.09. The fourth-order valence-corrected chi connectivity index (χ4v) is 3.72. The van der Waals surface area contributed by atoms with Gasteiger partial charge in [-0.15, -0.1) is 11.3 Å². The quantitative estimate of drug-likeness (QED) is 0.594. The van der Waals surface area contributed by atoms with Gasteiger partial charge in [0.25, 0.3) is 5.56 Å². The van der Waals surface area contributed by atoms with Crippen molar-refractivity contribution in [2.45, 2.75) is 17.5 Å². The second kappa shape index (κ2) is 6.01. The second-order valence-electron chi connectivity index (χ2n) is 4.66. The zero-order valence-electron chi connectivity index (χ0n) is 11.4. The van der Waals surface area contributed by atoms with Crippen molar-refractivity contribution in [3.8, 4) is 0 Å². The monoisotopic (exact) mass is 318 g/mol. The molecule has 1 N–H and O–H groups in total. The van der Waals surface area contributed by atoms with Crippen LogP contribution in [0.5, 0.6) is 0 Å². The molecule has 1 aromatic carbocycles. The van der Waals surface area contributed by atoms with Crippen molar-refractivity contribution in [2.24, 2.45) is 7.05 Å². The molecular formula is C15H14N2O2S2. The number of fused-ring (bicyclic) bond motifs is 1. The van der Waals surface area contributed by atoms with E-state index in [1.807, 2.05) is 35.7 Å². The first-order valence-corrected chi connectivity index (χ1v) is 8.31. The number of hydrogen-bond donors (Lipinski definition) is 1. The van der Waals surface area contributed by atoms with Crippen LogP contribution in [0.25, 0.3) is 10.2 Å². The minimum Gasteiger partial charge on any atom is -0.392 e.